The van der Waals surface area contributed by atoms with Crippen molar-refractivity contribution in [1.29, 1.82) is 0 Å². The second-order valence-corrected chi connectivity index (χ2v) is 9.36. The molecule has 2 aromatic heterocycles. The Hall–Kier alpha value is -4.70. The Morgan fingerprint density at radius 2 is 1.82 bits per heavy atom. The summed E-state index contributed by atoms with van der Waals surface area (Å²) < 4.78 is 7.35. The number of thiocarbonyl (C=S) groups is 1. The van der Waals surface area contributed by atoms with Gasteiger partial charge >= 0.3 is 5.97 Å². The molecule has 3 N–H and O–H groups in total. The highest BCUT2D eigenvalue weighted by Crippen LogP contribution is 2.39. The molecule has 1 saturated heterocycles. The summed E-state index contributed by atoms with van der Waals surface area (Å²) in [4.78, 5) is 30.9. The molecule has 1 fully saturated rings. The number of pyridine rings is 1. The van der Waals surface area contributed by atoms with Crippen molar-refractivity contribution in [1.82, 2.24) is 19.8 Å². The van der Waals surface area contributed by atoms with Crippen molar-refractivity contribution >= 4 is 34.9 Å². The number of amides is 1. The Morgan fingerprint density at radius 1 is 1.05 bits per heavy atom. The number of methoxy groups -OCH3 is 1. The number of nitrogens with zero attached hydrogens (tertiary/aromatic N) is 3. The number of para-hydroxylation sites is 2. The van der Waals surface area contributed by atoms with Crippen molar-refractivity contribution < 1.29 is 19.4 Å². The molecule has 2 atom stereocenters. The molecule has 39 heavy (non-hydrogen) atoms. The molecule has 9 nitrogen and oxygen atoms in total. The predicted octanol–water partition coefficient (Wildman–Crippen LogP) is 4.58. The minimum Gasteiger partial charge on any atom is -0.495 e. The smallest absolute Gasteiger partial charge is 0.335 e. The fourth-order valence-corrected chi connectivity index (χ4v) is 5.12. The molecule has 3 heterocycles. The number of nitrogens with one attached hydrogen (secondary N) is 2. The van der Waals surface area contributed by atoms with Crippen molar-refractivity contribution in [2.75, 3.05) is 19.0 Å². The lowest BCUT2D eigenvalue weighted by Gasteiger charge is -2.29. The Bertz CT molecular complexity index is 1490. The second-order valence-electron chi connectivity index (χ2n) is 8.97. The van der Waals surface area contributed by atoms with E-state index in [4.69, 9.17) is 17.0 Å². The summed E-state index contributed by atoms with van der Waals surface area (Å²) in [6.07, 6.45) is 3.86. The molecule has 0 spiro atoms. The van der Waals surface area contributed by atoms with Crippen LogP contribution in [-0.4, -0.2) is 50.2 Å². The van der Waals surface area contributed by atoms with Crippen molar-refractivity contribution in [2.24, 2.45) is 0 Å². The fraction of sp³-hybridized carbons (Fsp3) is 0.172. The average molecular weight is 542 g/mol. The van der Waals surface area contributed by atoms with Gasteiger partial charge in [0.1, 0.15) is 5.75 Å². The maximum Gasteiger partial charge on any atom is 0.335 e. The third-order valence-electron chi connectivity index (χ3n) is 6.63. The highest BCUT2D eigenvalue weighted by atomic mass is 32.1. The van der Waals surface area contributed by atoms with Crippen LogP contribution in [0.15, 0.2) is 91.3 Å². The number of carboxylic acids is 1. The molecule has 1 aliphatic heterocycles. The molecular weight excluding hydrogens is 514 g/mol. The van der Waals surface area contributed by atoms with E-state index < -0.39 is 5.97 Å². The summed E-state index contributed by atoms with van der Waals surface area (Å²) in [5.74, 6) is -0.557. The van der Waals surface area contributed by atoms with Gasteiger partial charge in [-0.2, -0.15) is 0 Å². The third-order valence-corrected chi connectivity index (χ3v) is 6.99. The number of hydrogen-bond acceptors (Lipinski definition) is 5. The number of rotatable bonds is 9. The van der Waals surface area contributed by atoms with Gasteiger partial charge in [0.25, 0.3) is 0 Å². The Kier molecular flexibility index (Phi) is 7.55. The van der Waals surface area contributed by atoms with Crippen LogP contribution in [0.1, 0.15) is 40.3 Å². The normalized spacial score (nSPS) is 16.5. The number of benzene rings is 2. The average Bonchev–Trinajstić information content (AvgIpc) is 3.57. The fourth-order valence-electron chi connectivity index (χ4n) is 4.79. The van der Waals surface area contributed by atoms with E-state index in [1.54, 1.807) is 49.7 Å². The molecule has 4 aromatic rings. The van der Waals surface area contributed by atoms with E-state index in [1.165, 1.54) is 0 Å². The number of hydrogen-bond donors (Lipinski definition) is 3. The van der Waals surface area contributed by atoms with Crippen LogP contribution in [0, 0.1) is 0 Å². The quantitative estimate of drug-likeness (QED) is 0.264. The lowest BCUT2D eigenvalue weighted by Crippen LogP contribution is -2.33. The summed E-state index contributed by atoms with van der Waals surface area (Å²) in [6.45, 7) is 0.365. The minimum atomic E-state index is -0.979. The van der Waals surface area contributed by atoms with Crippen LogP contribution in [0.3, 0.4) is 0 Å². The number of carbonyl (C=O) groups is 2. The van der Waals surface area contributed by atoms with Gasteiger partial charge in [-0.05, 0) is 72.9 Å². The topological polar surface area (TPSA) is 109 Å². The van der Waals surface area contributed by atoms with E-state index in [2.05, 4.69) is 15.6 Å². The van der Waals surface area contributed by atoms with Crippen LogP contribution < -0.4 is 15.4 Å². The van der Waals surface area contributed by atoms with Gasteiger partial charge in [0.2, 0.25) is 5.91 Å². The third kappa shape index (κ3) is 5.46. The first kappa shape index (κ1) is 25.9. The van der Waals surface area contributed by atoms with Gasteiger partial charge in [-0.3, -0.25) is 9.78 Å². The number of carbonyl (C=O) groups excluding carboxylic acids is 1. The Labute approximate surface area is 231 Å². The molecule has 0 saturated carbocycles. The van der Waals surface area contributed by atoms with Crippen LogP contribution >= 0.6 is 12.2 Å². The summed E-state index contributed by atoms with van der Waals surface area (Å²) in [5.41, 5.74) is 3.37. The summed E-state index contributed by atoms with van der Waals surface area (Å²) in [5, 5.41) is 16.2. The maximum absolute atomic E-state index is 12.9. The summed E-state index contributed by atoms with van der Waals surface area (Å²) >= 11 is 5.76. The van der Waals surface area contributed by atoms with Crippen LogP contribution in [0.4, 0.5) is 5.69 Å². The lowest BCUT2D eigenvalue weighted by molar-refractivity contribution is -0.116. The molecule has 0 unspecified atom stereocenters. The van der Waals surface area contributed by atoms with Crippen molar-refractivity contribution in [2.45, 2.75) is 18.5 Å². The predicted molar refractivity (Wildman–Crippen MR) is 151 cm³/mol. The highest BCUT2D eigenvalue weighted by molar-refractivity contribution is 7.80. The van der Waals surface area contributed by atoms with Gasteiger partial charge in [-0.25, -0.2) is 4.79 Å². The molecule has 0 bridgehead atoms. The van der Waals surface area contributed by atoms with Crippen LogP contribution in [-0.2, 0) is 4.79 Å². The first-order valence-electron chi connectivity index (χ1n) is 12.4. The van der Waals surface area contributed by atoms with Gasteiger partial charge in [0.15, 0.2) is 5.11 Å². The summed E-state index contributed by atoms with van der Waals surface area (Å²) in [6, 6.07) is 23.1. The molecule has 10 heteroatoms. The SMILES string of the molecule is COc1ccccc1NC(=O)CCN1C(=S)N[C@@H](c2ccccn2)[C@@H]1c1cccn1-c1ccc(C(=O)O)cc1. The van der Waals surface area contributed by atoms with Crippen LogP contribution in [0.2, 0.25) is 0 Å². The van der Waals surface area contributed by atoms with Crippen molar-refractivity contribution in [3.63, 3.8) is 0 Å². The molecule has 198 valence electrons. The lowest BCUT2D eigenvalue weighted by atomic mass is 10.0. The first-order valence-corrected chi connectivity index (χ1v) is 12.8. The van der Waals surface area contributed by atoms with Gasteiger partial charge in [-0.1, -0.05) is 18.2 Å². The van der Waals surface area contributed by atoms with E-state index in [0.29, 0.717) is 23.1 Å². The van der Waals surface area contributed by atoms with E-state index in [1.807, 2.05) is 58.1 Å². The number of aromatic carboxylic acids is 1. The molecule has 2 aromatic carbocycles. The molecule has 1 amide bonds. The van der Waals surface area contributed by atoms with Gasteiger partial charge in [0, 0.05) is 36.7 Å². The first-order chi connectivity index (χ1) is 19.0. The van der Waals surface area contributed by atoms with Crippen LogP contribution in [0.25, 0.3) is 5.69 Å². The van der Waals surface area contributed by atoms with Crippen LogP contribution in [0.5, 0.6) is 5.75 Å². The maximum atomic E-state index is 12.9. The Balaban J connectivity index is 1.44. The molecular formula is C29H27N5O4S. The zero-order valence-electron chi connectivity index (χ0n) is 21.2. The van der Waals surface area contributed by atoms with E-state index in [-0.39, 0.29) is 30.0 Å². The number of anilines is 1. The monoisotopic (exact) mass is 541 g/mol. The zero-order valence-corrected chi connectivity index (χ0v) is 22.0. The van der Waals surface area contributed by atoms with Crippen molar-refractivity contribution in [3.8, 4) is 11.4 Å². The van der Waals surface area contributed by atoms with Gasteiger partial charge in [-0.15, -0.1) is 0 Å². The van der Waals surface area contributed by atoms with Gasteiger partial charge < -0.3 is 29.9 Å². The largest absolute Gasteiger partial charge is 0.495 e. The molecule has 1 aliphatic rings. The summed E-state index contributed by atoms with van der Waals surface area (Å²) in [7, 11) is 1.56. The minimum absolute atomic E-state index is 0.165. The Morgan fingerprint density at radius 3 is 2.54 bits per heavy atom. The second kappa shape index (κ2) is 11.4. The molecule has 5 rings (SSSR count). The van der Waals surface area contributed by atoms with E-state index in [9.17, 15) is 14.7 Å². The highest BCUT2D eigenvalue weighted by Gasteiger charge is 2.41. The zero-order chi connectivity index (χ0) is 27.4. The molecule has 0 radical (unpaired) electrons. The number of carboxylic acid groups (broad SMARTS) is 1. The molecule has 0 aliphatic carbocycles. The van der Waals surface area contributed by atoms with E-state index >= 15 is 0 Å². The van der Waals surface area contributed by atoms with Crippen molar-refractivity contribution in [3.05, 3.63) is 108 Å². The number of ether oxygens (including phenoxy) is 1. The van der Waals surface area contributed by atoms with Gasteiger partial charge in [0.05, 0.1) is 36.1 Å². The standard InChI is InChI=1S/C29H27N5O4S/c1-38-24-10-3-2-7-21(24)31-25(35)15-18-34-27(26(32-29(34)39)22-8-4-5-16-30-22)23-9-6-17-33(23)20-13-11-19(12-14-20)28(36)37/h2-14,16-17,26-27H,15,18H2,1H3,(H,31,35)(H,32,39)(H,36,37)/t26-,27-/m0/s1. The van der Waals surface area contributed by atoms with E-state index in [0.717, 1.165) is 17.1 Å². The number of aromatic nitrogens is 2.